The molecule has 1 fully saturated rings. The Hall–Kier alpha value is -1.93. The lowest BCUT2D eigenvalue weighted by Crippen LogP contribution is -2.49. The Labute approximate surface area is 243 Å². The SMILES string of the molecule is CCCCCCCCC=CCCCCCCCC(=O)N1CCC(C(CNC(=O)C(O)C(C)(C)CO)C(=O)O)CC1. The molecule has 0 bridgehead atoms. The van der Waals surface area contributed by atoms with E-state index in [1.165, 1.54) is 57.8 Å². The van der Waals surface area contributed by atoms with Gasteiger partial charge < -0.3 is 25.5 Å². The normalized spacial score (nSPS) is 16.3. The van der Waals surface area contributed by atoms with Crippen molar-refractivity contribution >= 4 is 17.8 Å². The first kappa shape index (κ1) is 36.1. The fourth-order valence-electron chi connectivity index (χ4n) is 5.26. The summed E-state index contributed by atoms with van der Waals surface area (Å²) in [6.45, 7) is 6.00. The Morgan fingerprint density at radius 1 is 0.900 bits per heavy atom. The summed E-state index contributed by atoms with van der Waals surface area (Å²) in [5.41, 5.74) is -1.02. The Morgan fingerprint density at radius 3 is 1.95 bits per heavy atom. The molecule has 0 saturated carbocycles. The van der Waals surface area contributed by atoms with Gasteiger partial charge >= 0.3 is 5.97 Å². The number of rotatable bonds is 22. The molecule has 232 valence electrons. The first-order valence-electron chi connectivity index (χ1n) is 15.9. The van der Waals surface area contributed by atoms with E-state index in [1.807, 2.05) is 4.90 Å². The van der Waals surface area contributed by atoms with Gasteiger partial charge in [-0.1, -0.05) is 84.3 Å². The minimum atomic E-state index is -1.43. The number of likely N-dealkylation sites (tertiary alicyclic amines) is 1. The van der Waals surface area contributed by atoms with E-state index >= 15 is 0 Å². The van der Waals surface area contributed by atoms with Gasteiger partial charge in [0, 0.05) is 31.5 Å². The molecule has 0 aliphatic carbocycles. The number of unbranched alkanes of at least 4 members (excludes halogenated alkanes) is 11. The first-order chi connectivity index (χ1) is 19.1. The number of aliphatic carboxylic acids is 1. The van der Waals surface area contributed by atoms with E-state index < -0.39 is 29.3 Å². The number of carboxylic acid groups (broad SMARTS) is 1. The van der Waals surface area contributed by atoms with E-state index in [0.29, 0.717) is 32.4 Å². The van der Waals surface area contributed by atoms with Gasteiger partial charge in [-0.2, -0.15) is 0 Å². The number of allylic oxidation sites excluding steroid dienone is 2. The number of nitrogens with one attached hydrogen (secondary N) is 1. The molecule has 1 aliphatic rings. The van der Waals surface area contributed by atoms with E-state index in [4.69, 9.17) is 0 Å². The average Bonchev–Trinajstić information content (AvgIpc) is 2.94. The van der Waals surface area contributed by atoms with Crippen molar-refractivity contribution in [1.82, 2.24) is 10.2 Å². The second-order valence-corrected chi connectivity index (χ2v) is 12.3. The van der Waals surface area contributed by atoms with Crippen LogP contribution in [-0.4, -0.2) is 70.3 Å². The molecule has 1 rings (SSSR count). The Bertz CT molecular complexity index is 746. The molecule has 4 N–H and O–H groups in total. The Morgan fingerprint density at radius 2 is 1.43 bits per heavy atom. The number of aliphatic hydroxyl groups excluding tert-OH is 2. The van der Waals surface area contributed by atoms with Crippen molar-refractivity contribution < 1.29 is 29.7 Å². The van der Waals surface area contributed by atoms with Gasteiger partial charge in [-0.3, -0.25) is 14.4 Å². The third-order valence-corrected chi connectivity index (χ3v) is 8.32. The number of hydrogen-bond donors (Lipinski definition) is 4. The van der Waals surface area contributed by atoms with Crippen LogP contribution < -0.4 is 5.32 Å². The Balaban J connectivity index is 2.18. The number of hydrogen-bond acceptors (Lipinski definition) is 5. The Kier molecular flexibility index (Phi) is 18.8. The summed E-state index contributed by atoms with van der Waals surface area (Å²) in [7, 11) is 0. The van der Waals surface area contributed by atoms with Crippen molar-refractivity contribution in [3.05, 3.63) is 12.2 Å². The average molecular weight is 567 g/mol. The van der Waals surface area contributed by atoms with Crippen LogP contribution >= 0.6 is 0 Å². The molecular formula is C32H58N2O6. The third kappa shape index (κ3) is 14.6. The van der Waals surface area contributed by atoms with Crippen LogP contribution in [-0.2, 0) is 14.4 Å². The number of aliphatic hydroxyl groups is 2. The monoisotopic (exact) mass is 566 g/mol. The van der Waals surface area contributed by atoms with Crippen LogP contribution in [0.1, 0.15) is 124 Å². The minimum Gasteiger partial charge on any atom is -0.481 e. The lowest BCUT2D eigenvalue weighted by Gasteiger charge is -2.35. The zero-order chi connectivity index (χ0) is 29.8. The highest BCUT2D eigenvalue weighted by atomic mass is 16.4. The molecule has 2 amide bonds. The number of nitrogens with zero attached hydrogens (tertiary/aromatic N) is 1. The van der Waals surface area contributed by atoms with E-state index in [0.717, 1.165) is 25.7 Å². The molecular weight excluding hydrogens is 508 g/mol. The maximum absolute atomic E-state index is 12.7. The summed E-state index contributed by atoms with van der Waals surface area (Å²) in [5.74, 6) is -2.46. The molecule has 0 aromatic carbocycles. The minimum absolute atomic E-state index is 0.0831. The molecule has 2 atom stereocenters. The molecule has 0 spiro atoms. The van der Waals surface area contributed by atoms with Gasteiger partial charge in [0.15, 0.2) is 0 Å². The highest BCUT2D eigenvalue weighted by Gasteiger charge is 2.36. The predicted octanol–water partition coefficient (Wildman–Crippen LogP) is 5.46. The smallest absolute Gasteiger partial charge is 0.308 e. The second kappa shape index (κ2) is 20.9. The van der Waals surface area contributed by atoms with E-state index in [2.05, 4.69) is 24.4 Å². The van der Waals surface area contributed by atoms with Crippen molar-refractivity contribution in [2.75, 3.05) is 26.2 Å². The van der Waals surface area contributed by atoms with Crippen molar-refractivity contribution in [3.8, 4) is 0 Å². The molecule has 40 heavy (non-hydrogen) atoms. The van der Waals surface area contributed by atoms with Crippen LogP contribution in [0.5, 0.6) is 0 Å². The lowest BCUT2D eigenvalue weighted by molar-refractivity contribution is -0.145. The molecule has 1 saturated heterocycles. The fourth-order valence-corrected chi connectivity index (χ4v) is 5.26. The third-order valence-electron chi connectivity index (χ3n) is 8.32. The summed E-state index contributed by atoms with van der Waals surface area (Å²) in [5, 5.41) is 31.8. The topological polar surface area (TPSA) is 127 Å². The quantitative estimate of drug-likeness (QED) is 0.102. The van der Waals surface area contributed by atoms with Gasteiger partial charge in [0.05, 0.1) is 12.5 Å². The van der Waals surface area contributed by atoms with Crippen LogP contribution in [0.25, 0.3) is 0 Å². The van der Waals surface area contributed by atoms with Gasteiger partial charge in [0.2, 0.25) is 11.8 Å². The molecule has 0 aromatic heterocycles. The van der Waals surface area contributed by atoms with Crippen LogP contribution in [0.4, 0.5) is 0 Å². The summed E-state index contributed by atoms with van der Waals surface area (Å²) in [6, 6.07) is 0. The zero-order valence-electron chi connectivity index (χ0n) is 25.5. The molecule has 8 heteroatoms. The van der Waals surface area contributed by atoms with E-state index in [9.17, 15) is 29.7 Å². The van der Waals surface area contributed by atoms with Crippen molar-refractivity contribution in [1.29, 1.82) is 0 Å². The summed E-state index contributed by atoms with van der Waals surface area (Å²) in [6.07, 6.45) is 20.8. The van der Waals surface area contributed by atoms with Gasteiger partial charge in [-0.25, -0.2) is 0 Å². The summed E-state index contributed by atoms with van der Waals surface area (Å²) >= 11 is 0. The fraction of sp³-hybridized carbons (Fsp3) is 0.844. The number of amides is 2. The highest BCUT2D eigenvalue weighted by Crippen LogP contribution is 2.26. The number of carbonyl (C=O) groups is 3. The first-order valence-corrected chi connectivity index (χ1v) is 15.9. The van der Waals surface area contributed by atoms with Crippen LogP contribution in [0.15, 0.2) is 12.2 Å². The molecule has 8 nitrogen and oxygen atoms in total. The number of carboxylic acids is 1. The standard InChI is InChI=1S/C32H58N2O6/c1-4-5-6-7-8-9-10-11-12-13-14-15-16-17-18-19-28(36)34-22-20-26(21-23-34)27(31(39)40)24-33-30(38)29(37)32(2,3)25-35/h11-12,26-27,29,35,37H,4-10,13-25H2,1-3H3,(H,33,38)(H,39,40). The van der Waals surface area contributed by atoms with Gasteiger partial charge in [0.1, 0.15) is 6.10 Å². The van der Waals surface area contributed by atoms with Crippen LogP contribution in [0.3, 0.4) is 0 Å². The van der Waals surface area contributed by atoms with Gasteiger partial charge in [0.25, 0.3) is 0 Å². The molecule has 1 heterocycles. The second-order valence-electron chi connectivity index (χ2n) is 12.3. The van der Waals surface area contributed by atoms with Crippen LogP contribution in [0, 0.1) is 17.3 Å². The van der Waals surface area contributed by atoms with E-state index in [1.54, 1.807) is 13.8 Å². The lowest BCUT2D eigenvalue weighted by atomic mass is 9.83. The predicted molar refractivity (Wildman–Crippen MR) is 160 cm³/mol. The molecule has 1 aliphatic heterocycles. The maximum atomic E-state index is 12.7. The number of piperidine rings is 1. The van der Waals surface area contributed by atoms with Gasteiger partial charge in [-0.05, 0) is 50.9 Å². The summed E-state index contributed by atoms with van der Waals surface area (Å²) in [4.78, 5) is 38.6. The molecule has 2 unspecified atom stereocenters. The molecule has 0 radical (unpaired) electrons. The summed E-state index contributed by atoms with van der Waals surface area (Å²) < 4.78 is 0. The maximum Gasteiger partial charge on any atom is 0.308 e. The number of carbonyl (C=O) groups excluding carboxylic acids is 2. The van der Waals surface area contributed by atoms with Gasteiger partial charge in [-0.15, -0.1) is 0 Å². The molecule has 0 aromatic rings. The van der Waals surface area contributed by atoms with Crippen molar-refractivity contribution in [2.45, 2.75) is 130 Å². The zero-order valence-corrected chi connectivity index (χ0v) is 25.5. The van der Waals surface area contributed by atoms with Crippen molar-refractivity contribution in [2.24, 2.45) is 17.3 Å². The largest absolute Gasteiger partial charge is 0.481 e. The van der Waals surface area contributed by atoms with Crippen molar-refractivity contribution in [3.63, 3.8) is 0 Å². The van der Waals surface area contributed by atoms with E-state index in [-0.39, 0.29) is 25.0 Å². The highest BCUT2D eigenvalue weighted by molar-refractivity contribution is 5.82. The van der Waals surface area contributed by atoms with Crippen LogP contribution in [0.2, 0.25) is 0 Å².